The summed E-state index contributed by atoms with van der Waals surface area (Å²) in [7, 11) is 0. The minimum absolute atomic E-state index is 0.114. The number of anilines is 9. The number of rotatable bonds is 9. The Morgan fingerprint density at radius 1 is 0.255 bits per heavy atom. The topological polar surface area (TPSA) is 38.0 Å². The summed E-state index contributed by atoms with van der Waals surface area (Å²) >= 11 is 1.85. The standard InChI is InChI=1S/C84H53B2N5O2S/c1-6-26-54(27-7-1)87-71-44-22-18-40-65(71)85-67-52-68-79(53-73(67)89(56-30-10-3-11-31-56)75-49-59(48-74(87)81(75)85)92-77-46-24-38-63-61-36-16-20-42-69(61)90(83(63)77)57-32-12-4-13-33-57)94-80-51-60(50-76-82(80)86(68)66-41-19-23-45-72(66)88(76)55-28-8-2-9-29-55)93-78-47-25-39-64-62-37-17-21-43-70(62)91(84(64)78)58-34-14-5-15-35-58/h1-53H. The van der Waals surface area contributed by atoms with Gasteiger partial charge in [0.2, 0.25) is 6.71 Å². The molecule has 4 aliphatic rings. The molecule has 0 saturated carbocycles. The lowest BCUT2D eigenvalue weighted by atomic mass is 9.31. The van der Waals surface area contributed by atoms with Crippen LogP contribution in [0.25, 0.3) is 55.0 Å². The highest BCUT2D eigenvalue weighted by Crippen LogP contribution is 2.51. The van der Waals surface area contributed by atoms with Crippen LogP contribution in [-0.4, -0.2) is 22.6 Å². The van der Waals surface area contributed by atoms with Crippen LogP contribution in [-0.2, 0) is 0 Å². The number of benzene rings is 14. The molecule has 0 aliphatic carbocycles. The first-order chi connectivity index (χ1) is 46.7. The smallest absolute Gasteiger partial charge is 0.252 e. The largest absolute Gasteiger partial charge is 0.455 e. The minimum atomic E-state index is -0.157. The average Bonchev–Trinajstić information content (AvgIpc) is 0.927. The molecule has 2 aromatic heterocycles. The molecule has 4 aliphatic heterocycles. The maximum atomic E-state index is 7.57. The van der Waals surface area contributed by atoms with Gasteiger partial charge in [0.15, 0.2) is 11.5 Å². The molecular weight excluding hydrogens is 1160 g/mol. The van der Waals surface area contributed by atoms with Crippen LogP contribution in [0.3, 0.4) is 0 Å². The lowest BCUT2D eigenvalue weighted by Crippen LogP contribution is -2.64. The molecule has 0 N–H and O–H groups in total. The summed E-state index contributed by atoms with van der Waals surface area (Å²) in [4.78, 5) is 9.78. The Labute approximate surface area is 548 Å². The van der Waals surface area contributed by atoms with Gasteiger partial charge in [-0.3, -0.25) is 0 Å². The lowest BCUT2D eigenvalue weighted by molar-refractivity contribution is 0.485. The van der Waals surface area contributed by atoms with Crippen molar-refractivity contribution in [2.24, 2.45) is 0 Å². The number of hydrogen-bond acceptors (Lipinski definition) is 6. The molecule has 0 spiro atoms. The van der Waals surface area contributed by atoms with E-state index in [0.29, 0.717) is 0 Å². The lowest BCUT2D eigenvalue weighted by Gasteiger charge is -2.45. The quantitative estimate of drug-likeness (QED) is 0.134. The molecule has 10 heteroatoms. The fourth-order valence-electron chi connectivity index (χ4n) is 15.9. The van der Waals surface area contributed by atoms with Crippen LogP contribution in [0.15, 0.2) is 331 Å². The van der Waals surface area contributed by atoms with E-state index in [4.69, 9.17) is 9.47 Å². The maximum absolute atomic E-state index is 7.57. The maximum Gasteiger partial charge on any atom is 0.252 e. The van der Waals surface area contributed by atoms with Crippen LogP contribution in [0.5, 0.6) is 23.0 Å². The van der Waals surface area contributed by atoms with Crippen molar-refractivity contribution >= 4 is 153 Å². The van der Waals surface area contributed by atoms with Crippen LogP contribution >= 0.6 is 11.8 Å². The Balaban J connectivity index is 0.816. The molecular formula is C84H53B2N5O2S. The molecule has 94 heavy (non-hydrogen) atoms. The zero-order valence-corrected chi connectivity index (χ0v) is 51.5. The predicted molar refractivity (Wildman–Crippen MR) is 392 cm³/mol. The summed E-state index contributed by atoms with van der Waals surface area (Å²) in [5.41, 5.74) is 23.8. The monoisotopic (exact) mass is 1220 g/mol. The number of para-hydroxylation sites is 11. The van der Waals surface area contributed by atoms with E-state index in [1.807, 2.05) is 11.8 Å². The number of aromatic nitrogens is 2. The number of ether oxygens (including phenoxy) is 2. The highest BCUT2D eigenvalue weighted by atomic mass is 32.2. The van der Waals surface area contributed by atoms with E-state index in [1.165, 1.54) is 48.4 Å². The number of fused-ring (bicyclic) bond motifs is 14. The third kappa shape index (κ3) is 7.90. The van der Waals surface area contributed by atoms with E-state index in [2.05, 4.69) is 345 Å². The van der Waals surface area contributed by atoms with Crippen molar-refractivity contribution in [3.05, 3.63) is 322 Å². The third-order valence-electron chi connectivity index (χ3n) is 19.6. The van der Waals surface area contributed by atoms with Gasteiger partial charge in [-0.15, -0.1) is 0 Å². The van der Waals surface area contributed by atoms with E-state index in [-0.39, 0.29) is 13.4 Å². The molecule has 0 unspecified atom stereocenters. The van der Waals surface area contributed by atoms with E-state index < -0.39 is 0 Å². The molecule has 16 aromatic rings. The Morgan fingerprint density at radius 3 is 1.13 bits per heavy atom. The normalized spacial score (nSPS) is 13.2. The van der Waals surface area contributed by atoms with Crippen molar-refractivity contribution in [1.29, 1.82) is 0 Å². The second-order valence-corrected chi connectivity index (χ2v) is 25.7. The highest BCUT2D eigenvalue weighted by molar-refractivity contribution is 8.00. The van der Waals surface area contributed by atoms with Crippen LogP contribution in [0, 0.1) is 0 Å². The van der Waals surface area contributed by atoms with E-state index in [9.17, 15) is 0 Å². The van der Waals surface area contributed by atoms with E-state index in [1.54, 1.807) is 0 Å². The second kappa shape index (κ2) is 20.8. The van der Waals surface area contributed by atoms with E-state index in [0.717, 1.165) is 123 Å². The molecule has 6 heterocycles. The summed E-state index contributed by atoms with van der Waals surface area (Å²) in [6, 6.07) is 117. The summed E-state index contributed by atoms with van der Waals surface area (Å²) in [6.07, 6.45) is 0. The zero-order valence-electron chi connectivity index (χ0n) is 50.7. The van der Waals surface area contributed by atoms with Crippen molar-refractivity contribution in [3.63, 3.8) is 0 Å². The molecule has 0 saturated heterocycles. The Kier molecular flexibility index (Phi) is 11.7. The minimum Gasteiger partial charge on any atom is -0.455 e. The summed E-state index contributed by atoms with van der Waals surface area (Å²) < 4.78 is 19.7. The van der Waals surface area contributed by atoms with Gasteiger partial charge < -0.3 is 33.3 Å². The van der Waals surface area contributed by atoms with Crippen molar-refractivity contribution < 1.29 is 9.47 Å². The van der Waals surface area contributed by atoms with Crippen molar-refractivity contribution in [2.45, 2.75) is 9.79 Å². The van der Waals surface area contributed by atoms with Crippen molar-refractivity contribution in [1.82, 2.24) is 9.13 Å². The fourth-order valence-corrected chi connectivity index (χ4v) is 17.1. The Hall–Kier alpha value is -11.8. The van der Waals surface area contributed by atoms with Gasteiger partial charge in [0.05, 0.1) is 22.1 Å². The fraction of sp³-hybridized carbons (Fsp3) is 0. The van der Waals surface area contributed by atoms with Gasteiger partial charge >= 0.3 is 0 Å². The Morgan fingerprint density at radius 2 is 0.638 bits per heavy atom. The van der Waals surface area contributed by atoms with E-state index >= 15 is 0 Å². The first-order valence-electron chi connectivity index (χ1n) is 32.1. The molecule has 438 valence electrons. The molecule has 0 radical (unpaired) electrons. The molecule has 0 atom stereocenters. The first-order valence-corrected chi connectivity index (χ1v) is 32.9. The number of nitrogens with zero attached hydrogens (tertiary/aromatic N) is 5. The van der Waals surface area contributed by atoms with Gasteiger partial charge in [0, 0.05) is 112 Å². The van der Waals surface area contributed by atoms with Gasteiger partial charge in [0.1, 0.15) is 11.5 Å². The Bertz CT molecular complexity index is 5770. The third-order valence-corrected chi connectivity index (χ3v) is 20.7. The molecule has 0 amide bonds. The summed E-state index contributed by atoms with van der Waals surface area (Å²) in [5, 5.41) is 4.61. The molecule has 7 nitrogen and oxygen atoms in total. The summed E-state index contributed by atoms with van der Waals surface area (Å²) in [5.74, 6) is 3.05. The van der Waals surface area contributed by atoms with Crippen molar-refractivity contribution in [2.75, 3.05) is 14.7 Å². The zero-order chi connectivity index (χ0) is 61.5. The molecule has 14 aromatic carbocycles. The summed E-state index contributed by atoms with van der Waals surface area (Å²) in [6.45, 7) is -0.272. The SMILES string of the molecule is c1ccc(N2c3ccccc3B3c4cc5c(cc4Sc4cc(Oc6cccc7c8ccccc8n(-c8ccccc8)c67)cc2c43)N(c2ccccc2)c2cc(Oc3cccc4c6ccccc6n(-c6ccccc6)c34)cc3c2B5c2ccccc2N3c2ccccc2)cc1. The van der Waals surface area contributed by atoms with Crippen LogP contribution in [0.4, 0.5) is 51.2 Å². The van der Waals surface area contributed by atoms with Crippen LogP contribution < -0.4 is 57.0 Å². The molecule has 0 fully saturated rings. The van der Waals surface area contributed by atoms with Gasteiger partial charge in [0.25, 0.3) is 6.71 Å². The van der Waals surface area contributed by atoms with Gasteiger partial charge in [-0.25, -0.2) is 0 Å². The molecule has 20 rings (SSSR count). The van der Waals surface area contributed by atoms with Gasteiger partial charge in [-0.05, 0) is 137 Å². The highest BCUT2D eigenvalue weighted by Gasteiger charge is 2.47. The van der Waals surface area contributed by atoms with Gasteiger partial charge in [-0.1, -0.05) is 211 Å². The van der Waals surface area contributed by atoms with Gasteiger partial charge in [-0.2, -0.15) is 0 Å². The second-order valence-electron chi connectivity index (χ2n) is 24.7. The molecule has 0 bridgehead atoms. The van der Waals surface area contributed by atoms with Crippen molar-refractivity contribution in [3.8, 4) is 34.4 Å². The van der Waals surface area contributed by atoms with Crippen LogP contribution in [0.2, 0.25) is 0 Å². The first kappa shape index (κ1) is 52.9. The predicted octanol–water partition coefficient (Wildman–Crippen LogP) is 18.3. The number of hydrogen-bond donors (Lipinski definition) is 0. The van der Waals surface area contributed by atoms with Crippen LogP contribution in [0.1, 0.15) is 0 Å². The average molecular weight is 1220 g/mol.